The van der Waals surface area contributed by atoms with Crippen molar-refractivity contribution in [2.24, 2.45) is 0 Å². The summed E-state index contributed by atoms with van der Waals surface area (Å²) in [4.78, 5) is 10.2. The minimum Gasteiger partial charge on any atom is -0.460 e. The summed E-state index contributed by atoms with van der Waals surface area (Å²) >= 11 is 0. The highest BCUT2D eigenvalue weighted by Gasteiger charge is 2.11. The maximum Gasteiger partial charge on any atom is 0.303 e. The van der Waals surface area contributed by atoms with E-state index in [2.05, 4.69) is 19.2 Å². The Morgan fingerprint density at radius 3 is 1.74 bits per heavy atom. The molecule has 1 aromatic rings. The number of carbonyl (C=O) groups excluding carboxylic acids is 1. The van der Waals surface area contributed by atoms with Gasteiger partial charge in [-0.25, -0.2) is 4.39 Å². The molecule has 0 aliphatic carbocycles. The molecule has 0 unspecified atom stereocenters. The van der Waals surface area contributed by atoms with Gasteiger partial charge in [-0.15, -0.1) is 0 Å². The second kappa shape index (κ2) is 14.2. The van der Waals surface area contributed by atoms with Gasteiger partial charge in [-0.1, -0.05) is 31.5 Å². The van der Waals surface area contributed by atoms with Crippen molar-refractivity contribution in [3.63, 3.8) is 0 Å². The lowest BCUT2D eigenvalue weighted by atomic mass is 10.2. The fraction of sp³-hybridized carbons (Fsp3) is 0.632. The molecule has 0 bridgehead atoms. The third kappa shape index (κ3) is 23.0. The number of esters is 1. The molecule has 1 rings (SSSR count). The van der Waals surface area contributed by atoms with E-state index in [0.717, 1.165) is 5.56 Å². The summed E-state index contributed by atoms with van der Waals surface area (Å²) < 4.78 is 16.9. The Labute approximate surface area is 141 Å². The van der Waals surface area contributed by atoms with E-state index in [0.29, 0.717) is 0 Å². The van der Waals surface area contributed by atoms with Crippen molar-refractivity contribution < 1.29 is 13.9 Å². The number of nitrogens with one attached hydrogen (secondary N) is 1. The van der Waals surface area contributed by atoms with Crippen LogP contribution in [-0.2, 0) is 9.53 Å². The molecule has 0 radical (unpaired) electrons. The highest BCUT2D eigenvalue weighted by Crippen LogP contribution is 2.05. The third-order valence-corrected chi connectivity index (χ3v) is 2.31. The van der Waals surface area contributed by atoms with Crippen LogP contribution in [-0.4, -0.2) is 24.7 Å². The minimum absolute atomic E-state index is 0.171. The van der Waals surface area contributed by atoms with Crippen molar-refractivity contribution in [1.82, 2.24) is 5.32 Å². The van der Waals surface area contributed by atoms with Crippen molar-refractivity contribution in [2.75, 3.05) is 13.1 Å². The van der Waals surface area contributed by atoms with Gasteiger partial charge < -0.3 is 10.1 Å². The van der Waals surface area contributed by atoms with Gasteiger partial charge in [0.25, 0.3) is 0 Å². The zero-order valence-electron chi connectivity index (χ0n) is 15.8. The highest BCUT2D eigenvalue weighted by molar-refractivity contribution is 5.66. The number of hydrogen-bond donors (Lipinski definition) is 1. The molecule has 0 aromatic heterocycles. The lowest BCUT2D eigenvalue weighted by molar-refractivity contribution is -0.151. The number of aryl methyl sites for hydroxylation is 1. The molecular formula is C19H34FNO2. The number of rotatable bonds is 4. The fourth-order valence-corrected chi connectivity index (χ4v) is 1.44. The van der Waals surface area contributed by atoms with E-state index < -0.39 is 0 Å². The van der Waals surface area contributed by atoms with Crippen LogP contribution >= 0.6 is 0 Å². The SMILES string of the molecule is CC(=O)OC(C)(C)C.CCCNCCC.Cc1ccc(F)cc1. The van der Waals surface area contributed by atoms with Crippen molar-refractivity contribution in [3.8, 4) is 0 Å². The van der Waals surface area contributed by atoms with Crippen LogP contribution in [0.1, 0.15) is 59.9 Å². The van der Waals surface area contributed by atoms with Crippen LogP contribution in [0.5, 0.6) is 0 Å². The van der Waals surface area contributed by atoms with Crippen LogP contribution in [0.3, 0.4) is 0 Å². The minimum atomic E-state index is -0.328. The second-order valence-corrected chi connectivity index (χ2v) is 6.25. The van der Waals surface area contributed by atoms with Crippen LogP contribution in [0, 0.1) is 12.7 Å². The molecule has 0 heterocycles. The number of carbonyl (C=O) groups is 1. The summed E-state index contributed by atoms with van der Waals surface area (Å²) in [5, 5.41) is 3.28. The first-order valence-electron chi connectivity index (χ1n) is 8.24. The van der Waals surface area contributed by atoms with Crippen LogP contribution in [0.25, 0.3) is 0 Å². The first kappa shape index (κ1) is 23.8. The van der Waals surface area contributed by atoms with E-state index in [1.165, 1.54) is 45.0 Å². The van der Waals surface area contributed by atoms with Crippen LogP contribution < -0.4 is 5.32 Å². The topological polar surface area (TPSA) is 38.3 Å². The Hall–Kier alpha value is -1.42. The van der Waals surface area contributed by atoms with E-state index in [4.69, 9.17) is 4.74 Å². The Balaban J connectivity index is 0. The van der Waals surface area contributed by atoms with Crippen molar-refractivity contribution in [3.05, 3.63) is 35.6 Å². The summed E-state index contributed by atoms with van der Waals surface area (Å²) in [6.07, 6.45) is 2.50. The lowest BCUT2D eigenvalue weighted by Crippen LogP contribution is -2.21. The van der Waals surface area contributed by atoms with E-state index >= 15 is 0 Å². The molecule has 0 aliphatic heterocycles. The summed E-state index contributed by atoms with van der Waals surface area (Å²) in [5.74, 6) is -0.395. The standard InChI is InChI=1S/C7H7F.C6H15N.C6H12O2/c1-6-2-4-7(8)5-3-6;1-3-5-7-6-4-2;1-5(7)8-6(2,3)4/h2-5H,1H3;7H,3-6H2,1-2H3;1-4H3. The Morgan fingerprint density at radius 1 is 1.09 bits per heavy atom. The number of halogens is 1. The largest absolute Gasteiger partial charge is 0.460 e. The molecule has 0 spiro atoms. The van der Waals surface area contributed by atoms with Gasteiger partial charge in [0.05, 0.1) is 0 Å². The zero-order chi connectivity index (χ0) is 18.3. The predicted octanol–water partition coefficient (Wildman–Crippen LogP) is 4.88. The molecule has 134 valence electrons. The number of ether oxygens (including phenoxy) is 1. The molecule has 0 fully saturated rings. The zero-order valence-corrected chi connectivity index (χ0v) is 15.8. The molecule has 0 saturated heterocycles. The first-order chi connectivity index (χ1) is 10.6. The smallest absolute Gasteiger partial charge is 0.303 e. The van der Waals surface area contributed by atoms with Gasteiger partial charge in [0, 0.05) is 6.92 Å². The molecule has 23 heavy (non-hydrogen) atoms. The Kier molecular flexibility index (Phi) is 14.7. The van der Waals surface area contributed by atoms with Gasteiger partial charge in [-0.3, -0.25) is 4.79 Å². The van der Waals surface area contributed by atoms with Crippen molar-refractivity contribution in [2.45, 2.75) is 66.9 Å². The first-order valence-corrected chi connectivity index (χ1v) is 8.24. The number of benzene rings is 1. The van der Waals surface area contributed by atoms with E-state index in [1.807, 2.05) is 27.7 Å². The molecule has 1 aromatic carbocycles. The molecule has 0 atom stereocenters. The molecule has 0 amide bonds. The van der Waals surface area contributed by atoms with Gasteiger partial charge >= 0.3 is 5.97 Å². The van der Waals surface area contributed by atoms with Crippen LogP contribution in [0.15, 0.2) is 24.3 Å². The maximum atomic E-state index is 12.1. The van der Waals surface area contributed by atoms with Gasteiger partial charge in [0.15, 0.2) is 0 Å². The third-order valence-electron chi connectivity index (χ3n) is 2.31. The molecule has 0 saturated carbocycles. The predicted molar refractivity (Wildman–Crippen MR) is 96.1 cm³/mol. The normalized spacial score (nSPS) is 9.91. The fourth-order valence-electron chi connectivity index (χ4n) is 1.44. The summed E-state index contributed by atoms with van der Waals surface area (Å²) in [5.41, 5.74) is 0.762. The van der Waals surface area contributed by atoms with Crippen molar-refractivity contribution in [1.29, 1.82) is 0 Å². The van der Waals surface area contributed by atoms with Crippen LogP contribution in [0.2, 0.25) is 0 Å². The molecule has 4 heteroatoms. The summed E-state index contributed by atoms with van der Waals surface area (Å²) in [6, 6.07) is 6.40. The molecule has 1 N–H and O–H groups in total. The van der Waals surface area contributed by atoms with Gasteiger partial charge in [0.2, 0.25) is 0 Å². The number of hydrogen-bond acceptors (Lipinski definition) is 3. The Bertz CT molecular complexity index is 372. The maximum absolute atomic E-state index is 12.1. The molecule has 3 nitrogen and oxygen atoms in total. The van der Waals surface area contributed by atoms with Gasteiger partial charge in [-0.2, -0.15) is 0 Å². The van der Waals surface area contributed by atoms with Gasteiger partial charge in [-0.05, 0) is 65.8 Å². The van der Waals surface area contributed by atoms with Gasteiger partial charge in [0.1, 0.15) is 11.4 Å². The molecule has 0 aliphatic rings. The summed E-state index contributed by atoms with van der Waals surface area (Å²) in [6.45, 7) is 15.6. The highest BCUT2D eigenvalue weighted by atomic mass is 19.1. The Morgan fingerprint density at radius 2 is 1.52 bits per heavy atom. The average molecular weight is 327 g/mol. The molecular weight excluding hydrogens is 293 g/mol. The van der Waals surface area contributed by atoms with E-state index in [-0.39, 0.29) is 17.4 Å². The van der Waals surface area contributed by atoms with E-state index in [1.54, 1.807) is 12.1 Å². The van der Waals surface area contributed by atoms with Crippen molar-refractivity contribution >= 4 is 5.97 Å². The average Bonchev–Trinajstić information content (AvgIpc) is 2.41. The second-order valence-electron chi connectivity index (χ2n) is 6.25. The van der Waals surface area contributed by atoms with E-state index in [9.17, 15) is 9.18 Å². The lowest BCUT2D eigenvalue weighted by Gasteiger charge is -2.17. The quantitative estimate of drug-likeness (QED) is 0.633. The van der Waals surface area contributed by atoms with Crippen LogP contribution in [0.4, 0.5) is 4.39 Å². The monoisotopic (exact) mass is 327 g/mol. The summed E-state index contributed by atoms with van der Waals surface area (Å²) in [7, 11) is 0.